The lowest BCUT2D eigenvalue weighted by molar-refractivity contribution is -0.120. The molecule has 2 amide bonds. The number of benzene rings is 2. The Bertz CT molecular complexity index is 1270. The van der Waals surface area contributed by atoms with Gasteiger partial charge < -0.3 is 20.3 Å². The normalized spacial score (nSPS) is 19.5. The van der Waals surface area contributed by atoms with E-state index in [4.69, 9.17) is 9.73 Å². The summed E-state index contributed by atoms with van der Waals surface area (Å²) in [5, 5.41) is 8.56. The van der Waals surface area contributed by atoms with Gasteiger partial charge in [-0.15, -0.1) is 0 Å². The summed E-state index contributed by atoms with van der Waals surface area (Å²) in [5.41, 5.74) is 3.17. The van der Waals surface area contributed by atoms with Crippen molar-refractivity contribution in [3.8, 4) is 0 Å². The number of nitrogens with one attached hydrogen (secondary N) is 2. The fraction of sp³-hybridized carbons (Fsp3) is 0.321. The quantitative estimate of drug-likeness (QED) is 0.534. The van der Waals surface area contributed by atoms with Gasteiger partial charge >= 0.3 is 0 Å². The number of nitrogens with zero attached hydrogens (tertiary/aromatic N) is 3. The van der Waals surface area contributed by atoms with Gasteiger partial charge in [0.1, 0.15) is 5.82 Å². The monoisotopic (exact) mass is 535 g/mol. The summed E-state index contributed by atoms with van der Waals surface area (Å²) in [6.07, 6.45) is 0.138. The molecule has 3 aliphatic rings. The van der Waals surface area contributed by atoms with E-state index in [2.05, 4.69) is 15.5 Å². The topological polar surface area (TPSA) is 86.3 Å². The van der Waals surface area contributed by atoms with Gasteiger partial charge in [-0.2, -0.15) is 0 Å². The standard InChI is InChI=1S/C28H30FN5O3S/c1-19-25(27(36)32-22-5-3-2-4-6-22)26(20-7-9-21(29)10-8-20)34-23(18-38-28(34)31-19)17-24(35)30-11-12-33-13-15-37-16-14-33/h2-10,18,26H,11-17H2,1H3,(H,30,35)(H,32,36). The summed E-state index contributed by atoms with van der Waals surface area (Å²) in [6.45, 7) is 6.28. The van der Waals surface area contributed by atoms with Crippen molar-refractivity contribution < 1.29 is 18.7 Å². The molecule has 2 aromatic rings. The molecule has 1 saturated heterocycles. The smallest absolute Gasteiger partial charge is 0.255 e. The van der Waals surface area contributed by atoms with Gasteiger partial charge in [0.05, 0.1) is 36.9 Å². The Labute approximate surface area is 225 Å². The number of morpholine rings is 1. The molecule has 0 aliphatic carbocycles. The number of halogens is 1. The van der Waals surface area contributed by atoms with Gasteiger partial charge in [0.25, 0.3) is 5.91 Å². The summed E-state index contributed by atoms with van der Waals surface area (Å²) >= 11 is 1.42. The fourth-order valence-corrected chi connectivity index (χ4v) is 5.71. The number of fused-ring (bicyclic) bond motifs is 1. The van der Waals surface area contributed by atoms with Gasteiger partial charge in [0.15, 0.2) is 5.17 Å². The second kappa shape index (κ2) is 11.9. The van der Waals surface area contributed by atoms with Crippen LogP contribution in [-0.2, 0) is 14.3 Å². The van der Waals surface area contributed by atoms with Gasteiger partial charge in [-0.05, 0) is 42.2 Å². The molecule has 2 N–H and O–H groups in total. The van der Waals surface area contributed by atoms with Crippen LogP contribution in [-0.4, -0.2) is 66.2 Å². The van der Waals surface area contributed by atoms with Crippen molar-refractivity contribution in [2.45, 2.75) is 19.4 Å². The predicted octanol–water partition coefficient (Wildman–Crippen LogP) is 3.88. The van der Waals surface area contributed by atoms with Crippen molar-refractivity contribution in [1.29, 1.82) is 0 Å². The number of ether oxygens (including phenoxy) is 1. The molecular formula is C28H30FN5O3S. The maximum atomic E-state index is 13.8. The van der Waals surface area contributed by atoms with Crippen molar-refractivity contribution in [1.82, 2.24) is 15.1 Å². The number of thioether (sulfide) groups is 1. The molecule has 8 nitrogen and oxygen atoms in total. The molecule has 1 fully saturated rings. The highest BCUT2D eigenvalue weighted by molar-refractivity contribution is 8.16. The van der Waals surface area contributed by atoms with Crippen LogP contribution >= 0.6 is 11.8 Å². The number of hydrogen-bond acceptors (Lipinski definition) is 7. The Morgan fingerprint density at radius 1 is 1.11 bits per heavy atom. The summed E-state index contributed by atoms with van der Waals surface area (Å²) in [5.74, 6) is -0.761. The number of carbonyl (C=O) groups is 2. The Balaban J connectivity index is 1.36. The van der Waals surface area contributed by atoms with Crippen molar-refractivity contribution in [3.63, 3.8) is 0 Å². The Hall–Kier alpha value is -3.47. The molecule has 2 aromatic carbocycles. The third kappa shape index (κ3) is 5.98. The van der Waals surface area contributed by atoms with E-state index >= 15 is 0 Å². The highest BCUT2D eigenvalue weighted by Crippen LogP contribution is 2.44. The third-order valence-corrected chi connectivity index (χ3v) is 7.55. The lowest BCUT2D eigenvalue weighted by Gasteiger charge is -2.36. The van der Waals surface area contributed by atoms with E-state index in [1.807, 2.05) is 40.6 Å². The minimum absolute atomic E-state index is 0.106. The van der Waals surface area contributed by atoms with Crippen LogP contribution in [0.1, 0.15) is 24.9 Å². The lowest BCUT2D eigenvalue weighted by atomic mass is 9.93. The number of anilines is 1. The highest BCUT2D eigenvalue weighted by Gasteiger charge is 2.40. The van der Waals surface area contributed by atoms with Gasteiger partial charge in [-0.1, -0.05) is 42.1 Å². The predicted molar refractivity (Wildman–Crippen MR) is 147 cm³/mol. The van der Waals surface area contributed by atoms with E-state index in [1.54, 1.807) is 19.1 Å². The number of amides is 2. The van der Waals surface area contributed by atoms with Crippen LogP contribution in [0.2, 0.25) is 0 Å². The van der Waals surface area contributed by atoms with Gasteiger partial charge in [-0.25, -0.2) is 9.38 Å². The van der Waals surface area contributed by atoms with Crippen LogP contribution in [0.25, 0.3) is 0 Å². The molecule has 1 atom stereocenters. The van der Waals surface area contributed by atoms with Crippen LogP contribution in [0.15, 0.2) is 82.0 Å². The number of allylic oxidation sites excluding steroid dienone is 1. The zero-order valence-corrected chi connectivity index (χ0v) is 22.0. The molecule has 10 heteroatoms. The Morgan fingerprint density at radius 3 is 2.58 bits per heavy atom. The van der Waals surface area contributed by atoms with Crippen molar-refractivity contribution in [3.05, 3.63) is 88.4 Å². The van der Waals surface area contributed by atoms with E-state index in [0.717, 1.165) is 30.9 Å². The molecule has 5 rings (SSSR count). The molecule has 38 heavy (non-hydrogen) atoms. The summed E-state index contributed by atoms with van der Waals surface area (Å²) in [4.78, 5) is 35.4. The Kier molecular flexibility index (Phi) is 8.21. The molecule has 3 heterocycles. The fourth-order valence-electron chi connectivity index (χ4n) is 4.75. The Morgan fingerprint density at radius 2 is 1.84 bits per heavy atom. The number of para-hydroxylation sites is 1. The largest absolute Gasteiger partial charge is 0.379 e. The van der Waals surface area contributed by atoms with E-state index in [1.165, 1.54) is 23.9 Å². The first kappa shape index (κ1) is 26.1. The number of aliphatic imine (C=N–C) groups is 1. The van der Waals surface area contributed by atoms with Crippen LogP contribution in [0.4, 0.5) is 10.1 Å². The van der Waals surface area contributed by atoms with Crippen molar-refractivity contribution in [2.24, 2.45) is 4.99 Å². The number of rotatable bonds is 8. The van der Waals surface area contributed by atoms with Crippen LogP contribution < -0.4 is 10.6 Å². The average molecular weight is 536 g/mol. The van der Waals surface area contributed by atoms with Gasteiger partial charge in [0.2, 0.25) is 5.91 Å². The SMILES string of the molecule is CC1=C(C(=O)Nc2ccccc2)C(c2ccc(F)cc2)N2C(CC(=O)NCCN3CCOCC3)=CSC2=N1. The highest BCUT2D eigenvalue weighted by atomic mass is 32.2. The number of carbonyl (C=O) groups excluding carboxylic acids is 2. The molecule has 198 valence electrons. The first-order valence-corrected chi connectivity index (χ1v) is 13.5. The maximum Gasteiger partial charge on any atom is 0.255 e. The summed E-state index contributed by atoms with van der Waals surface area (Å²) in [6, 6.07) is 14.8. The molecule has 0 aromatic heterocycles. The number of amidine groups is 1. The molecule has 0 saturated carbocycles. The average Bonchev–Trinajstić information content (AvgIpc) is 3.31. The molecular weight excluding hydrogens is 505 g/mol. The summed E-state index contributed by atoms with van der Waals surface area (Å²) in [7, 11) is 0. The van der Waals surface area contributed by atoms with Crippen LogP contribution in [0.5, 0.6) is 0 Å². The van der Waals surface area contributed by atoms with E-state index in [9.17, 15) is 14.0 Å². The number of hydrogen-bond donors (Lipinski definition) is 2. The lowest BCUT2D eigenvalue weighted by Crippen LogP contribution is -2.42. The molecule has 0 spiro atoms. The molecule has 0 radical (unpaired) electrons. The minimum Gasteiger partial charge on any atom is -0.379 e. The van der Waals surface area contributed by atoms with Gasteiger partial charge in [-0.3, -0.25) is 14.5 Å². The third-order valence-electron chi connectivity index (χ3n) is 6.66. The first-order valence-electron chi connectivity index (χ1n) is 12.6. The van der Waals surface area contributed by atoms with Crippen molar-refractivity contribution >= 4 is 34.4 Å². The second-order valence-electron chi connectivity index (χ2n) is 9.25. The zero-order valence-electron chi connectivity index (χ0n) is 21.2. The zero-order chi connectivity index (χ0) is 26.5. The van der Waals surface area contributed by atoms with Crippen LogP contribution in [0.3, 0.4) is 0 Å². The van der Waals surface area contributed by atoms with E-state index in [-0.39, 0.29) is 24.1 Å². The van der Waals surface area contributed by atoms with Gasteiger partial charge in [0, 0.05) is 37.6 Å². The van der Waals surface area contributed by atoms with Crippen LogP contribution in [0, 0.1) is 5.82 Å². The van der Waals surface area contributed by atoms with E-state index in [0.29, 0.717) is 41.9 Å². The minimum atomic E-state index is -0.561. The second-order valence-corrected chi connectivity index (χ2v) is 10.1. The van der Waals surface area contributed by atoms with E-state index < -0.39 is 6.04 Å². The first-order chi connectivity index (χ1) is 18.5. The maximum absolute atomic E-state index is 13.8. The molecule has 0 bridgehead atoms. The van der Waals surface area contributed by atoms with Crippen molar-refractivity contribution in [2.75, 3.05) is 44.7 Å². The molecule has 3 aliphatic heterocycles. The summed E-state index contributed by atoms with van der Waals surface area (Å²) < 4.78 is 19.2. The molecule has 1 unspecified atom stereocenters.